The van der Waals surface area contributed by atoms with Gasteiger partial charge in [0, 0.05) is 0 Å². The van der Waals surface area contributed by atoms with Gasteiger partial charge in [-0.2, -0.15) is 4.41 Å². The average Bonchev–Trinajstić information content (AvgIpc) is 1.64. The van der Waals surface area contributed by atoms with Crippen molar-refractivity contribution in [2.45, 2.75) is 0 Å². The molecule has 0 aliphatic rings. The molecule has 6 nitrogen and oxygen atoms in total. The second-order valence-electron chi connectivity index (χ2n) is 0.942. The zero-order valence-electron chi connectivity index (χ0n) is 3.87. The highest BCUT2D eigenvalue weighted by atomic mass is 32.2. The minimum atomic E-state index is -2.38. The Hall–Kier alpha value is -0.660. The van der Waals surface area contributed by atoms with Crippen molar-refractivity contribution in [2.24, 2.45) is 11.6 Å². The summed E-state index contributed by atoms with van der Waals surface area (Å²) in [5.74, 6) is 4.05. The van der Waals surface area contributed by atoms with E-state index in [2.05, 4.69) is 5.73 Å². The molecule has 1 atom stereocenters. The first-order chi connectivity index (χ1) is 3.55. The van der Waals surface area contributed by atoms with E-state index in [0.717, 1.165) is 0 Å². The van der Waals surface area contributed by atoms with E-state index in [1.807, 2.05) is 0 Å². The van der Waals surface area contributed by atoms with Crippen molar-refractivity contribution < 1.29 is 8.76 Å². The van der Waals surface area contributed by atoms with Gasteiger partial charge in [-0.3, -0.25) is 9.96 Å². The van der Waals surface area contributed by atoms with Crippen LogP contribution in [0.2, 0.25) is 0 Å². The van der Waals surface area contributed by atoms with Gasteiger partial charge in [-0.25, -0.2) is 10.1 Å². The Labute approximate surface area is 48.3 Å². The summed E-state index contributed by atoms with van der Waals surface area (Å²) in [6, 6.07) is 0. The fourth-order valence-electron chi connectivity index (χ4n) is 0.0841. The fourth-order valence-corrected chi connectivity index (χ4v) is 0.252. The zero-order valence-corrected chi connectivity index (χ0v) is 4.68. The molecule has 0 heterocycles. The third-order valence-electron chi connectivity index (χ3n) is 0.406. The summed E-state index contributed by atoms with van der Waals surface area (Å²) in [6.07, 6.45) is 0. The largest absolute Gasteiger partial charge is 0.368 e. The molecule has 48 valence electrons. The minimum Gasteiger partial charge on any atom is -0.368 e. The normalized spacial score (nSPS) is 12.8. The first-order valence-corrected chi connectivity index (χ1v) is 2.62. The average molecular weight is 138 g/mol. The van der Waals surface area contributed by atoms with Crippen LogP contribution >= 0.6 is 0 Å². The van der Waals surface area contributed by atoms with Gasteiger partial charge >= 0.3 is 0 Å². The quantitative estimate of drug-likeness (QED) is 0.112. The van der Waals surface area contributed by atoms with Crippen molar-refractivity contribution in [2.75, 3.05) is 0 Å². The predicted octanol–water partition coefficient (Wildman–Crippen LogP) is -1.81. The molecular weight excluding hydrogens is 132 g/mol. The number of hydrogen-bond acceptors (Lipinski definition) is 3. The van der Waals surface area contributed by atoms with Crippen LogP contribution in [0.25, 0.3) is 0 Å². The van der Waals surface area contributed by atoms with Gasteiger partial charge < -0.3 is 5.73 Å². The van der Waals surface area contributed by atoms with E-state index in [1.165, 1.54) is 0 Å². The molecule has 0 fully saturated rings. The maximum absolute atomic E-state index is 9.83. The van der Waals surface area contributed by atoms with Crippen LogP contribution in [0.4, 0.5) is 0 Å². The highest BCUT2D eigenvalue weighted by Crippen LogP contribution is 1.75. The highest BCUT2D eigenvalue weighted by Gasteiger charge is 2.03. The molecule has 0 aromatic heterocycles. The third kappa shape index (κ3) is 1.87. The van der Waals surface area contributed by atoms with Gasteiger partial charge in [0.05, 0.1) is 0 Å². The van der Waals surface area contributed by atoms with Gasteiger partial charge in [-0.05, 0) is 0 Å². The molecule has 0 bridgehead atoms. The Balaban J connectivity index is 3.83. The van der Waals surface area contributed by atoms with Gasteiger partial charge in [0.2, 0.25) is 5.96 Å². The Morgan fingerprint density at radius 3 is 2.25 bits per heavy atom. The maximum Gasteiger partial charge on any atom is 0.279 e. The van der Waals surface area contributed by atoms with E-state index >= 15 is 0 Å². The number of nitrogens with zero attached hydrogens (tertiary/aromatic N) is 1. The molecule has 0 aliphatic heterocycles. The van der Waals surface area contributed by atoms with E-state index in [4.69, 9.17) is 15.8 Å². The summed E-state index contributed by atoms with van der Waals surface area (Å²) >= 11 is -2.38. The number of nitrogens with one attached hydrogen (secondary N) is 1. The van der Waals surface area contributed by atoms with Crippen molar-refractivity contribution in [3.63, 3.8) is 0 Å². The molecule has 0 aromatic rings. The monoisotopic (exact) mass is 138 g/mol. The lowest BCUT2D eigenvalue weighted by Gasteiger charge is -2.07. The van der Waals surface area contributed by atoms with Crippen LogP contribution in [-0.2, 0) is 11.3 Å². The van der Waals surface area contributed by atoms with Crippen LogP contribution in [0, 0.1) is 5.41 Å². The van der Waals surface area contributed by atoms with E-state index in [-0.39, 0.29) is 4.41 Å². The molecule has 1 unspecified atom stereocenters. The summed E-state index contributed by atoms with van der Waals surface area (Å²) in [4.78, 5) is 0. The van der Waals surface area contributed by atoms with E-state index in [1.54, 1.807) is 0 Å². The third-order valence-corrected chi connectivity index (χ3v) is 0.939. The predicted molar refractivity (Wildman–Crippen MR) is 28.7 cm³/mol. The van der Waals surface area contributed by atoms with Crippen LogP contribution < -0.4 is 11.6 Å². The fraction of sp³-hybridized carbons (Fsp3) is 0. The molecule has 0 spiro atoms. The highest BCUT2D eigenvalue weighted by molar-refractivity contribution is 7.77. The van der Waals surface area contributed by atoms with Gasteiger partial charge in [-0.1, -0.05) is 0 Å². The van der Waals surface area contributed by atoms with E-state index in [9.17, 15) is 4.21 Å². The van der Waals surface area contributed by atoms with Crippen molar-refractivity contribution >= 4 is 17.2 Å². The SMILES string of the molecule is N=C(N)N(N)S(=O)O. The van der Waals surface area contributed by atoms with Gasteiger partial charge in [0.25, 0.3) is 11.3 Å². The van der Waals surface area contributed by atoms with Crippen LogP contribution in [0.1, 0.15) is 0 Å². The van der Waals surface area contributed by atoms with Crippen LogP contribution in [0.5, 0.6) is 0 Å². The molecule has 0 rings (SSSR count). The molecule has 0 aromatic carbocycles. The number of hydrazine groups is 1. The van der Waals surface area contributed by atoms with Crippen LogP contribution in [0.3, 0.4) is 0 Å². The lowest BCUT2D eigenvalue weighted by molar-refractivity contribution is 0.498. The minimum absolute atomic E-state index is 0.222. The van der Waals surface area contributed by atoms with E-state index < -0.39 is 17.2 Å². The lowest BCUT2D eigenvalue weighted by Crippen LogP contribution is -2.42. The first-order valence-electron chi connectivity index (χ1n) is 1.55. The second-order valence-corrected chi connectivity index (χ2v) is 1.80. The molecule has 0 saturated carbocycles. The smallest absolute Gasteiger partial charge is 0.279 e. The standard InChI is InChI=1S/CH6N4O2S/c2-1(3)5(4)8(6)7/h4H2,(H3,2,3)(H,6,7). The number of guanidine groups is 1. The molecule has 6 N–H and O–H groups in total. The van der Waals surface area contributed by atoms with Gasteiger partial charge in [-0.15, -0.1) is 0 Å². The number of nitrogens with two attached hydrogens (primary N) is 2. The molecular formula is CH6N4O2S. The summed E-state index contributed by atoms with van der Waals surface area (Å²) in [5, 5.41) is 6.46. The Morgan fingerprint density at radius 2 is 2.25 bits per heavy atom. The topological polar surface area (TPSA) is 116 Å². The maximum atomic E-state index is 9.83. The summed E-state index contributed by atoms with van der Waals surface area (Å²) in [5.41, 5.74) is 4.67. The Bertz CT molecular complexity index is 109. The van der Waals surface area contributed by atoms with E-state index in [0.29, 0.717) is 0 Å². The molecule has 0 aliphatic carbocycles. The number of rotatable bonds is 1. The second kappa shape index (κ2) is 2.60. The molecule has 7 heteroatoms. The van der Waals surface area contributed by atoms with Crippen molar-refractivity contribution in [1.82, 2.24) is 4.41 Å². The Morgan fingerprint density at radius 1 is 1.88 bits per heavy atom. The first kappa shape index (κ1) is 7.34. The van der Waals surface area contributed by atoms with Gasteiger partial charge in [0.1, 0.15) is 0 Å². The van der Waals surface area contributed by atoms with Crippen LogP contribution in [0.15, 0.2) is 0 Å². The number of hydrogen-bond donors (Lipinski definition) is 4. The lowest BCUT2D eigenvalue weighted by atomic mass is 11.1. The molecule has 0 radical (unpaired) electrons. The summed E-state index contributed by atoms with van der Waals surface area (Å²) < 4.78 is 18.1. The van der Waals surface area contributed by atoms with Crippen LogP contribution in [-0.4, -0.2) is 19.1 Å². The Kier molecular flexibility index (Phi) is 2.38. The summed E-state index contributed by atoms with van der Waals surface area (Å²) in [7, 11) is 0. The molecule has 8 heavy (non-hydrogen) atoms. The molecule has 0 saturated heterocycles. The summed E-state index contributed by atoms with van der Waals surface area (Å²) in [6.45, 7) is 0. The zero-order chi connectivity index (χ0) is 6.73. The van der Waals surface area contributed by atoms with Gasteiger partial charge in [0.15, 0.2) is 0 Å². The van der Waals surface area contributed by atoms with Crippen molar-refractivity contribution in [3.05, 3.63) is 0 Å². The van der Waals surface area contributed by atoms with Crippen molar-refractivity contribution in [3.8, 4) is 0 Å². The molecule has 0 amide bonds. The van der Waals surface area contributed by atoms with Crippen molar-refractivity contribution in [1.29, 1.82) is 5.41 Å².